The van der Waals surface area contributed by atoms with Gasteiger partial charge in [-0.25, -0.2) is 15.0 Å². The third-order valence-corrected chi connectivity index (χ3v) is 3.45. The van der Waals surface area contributed by atoms with E-state index in [4.69, 9.17) is 0 Å². The quantitative estimate of drug-likeness (QED) is 0.804. The van der Waals surface area contributed by atoms with E-state index >= 15 is 0 Å². The molecule has 0 aliphatic rings. The van der Waals surface area contributed by atoms with Gasteiger partial charge in [-0.1, -0.05) is 19.9 Å². The van der Waals surface area contributed by atoms with Crippen LogP contribution in [0.5, 0.6) is 0 Å². The highest BCUT2D eigenvalue weighted by Crippen LogP contribution is 2.23. The Hall–Kier alpha value is -2.76. The largest absolute Gasteiger partial charge is 0.298 e. The van der Waals surface area contributed by atoms with Gasteiger partial charge in [-0.05, 0) is 31.0 Å². The first-order valence-corrected chi connectivity index (χ1v) is 7.61. The second-order valence-electron chi connectivity index (χ2n) is 5.89. The lowest BCUT2D eigenvalue weighted by Gasteiger charge is -2.07. The van der Waals surface area contributed by atoms with Crippen LogP contribution < -0.4 is 5.32 Å². The average Bonchev–Trinajstić information content (AvgIpc) is 2.82. The van der Waals surface area contributed by atoms with Crippen LogP contribution in [0.3, 0.4) is 0 Å². The highest BCUT2D eigenvalue weighted by atomic mass is 16.1. The molecule has 3 aromatic rings. The van der Waals surface area contributed by atoms with Crippen molar-refractivity contribution < 1.29 is 4.79 Å². The van der Waals surface area contributed by atoms with Crippen molar-refractivity contribution in [1.82, 2.24) is 19.4 Å². The van der Waals surface area contributed by atoms with Crippen LogP contribution in [-0.4, -0.2) is 25.3 Å². The van der Waals surface area contributed by atoms with Crippen LogP contribution >= 0.6 is 0 Å². The van der Waals surface area contributed by atoms with Gasteiger partial charge in [-0.3, -0.25) is 14.5 Å². The van der Waals surface area contributed by atoms with Crippen molar-refractivity contribution in [2.45, 2.75) is 27.2 Å². The fraction of sp³-hybridized carbons (Fsp3) is 0.294. The number of anilines is 1. The maximum Gasteiger partial charge on any atom is 0.229 e. The van der Waals surface area contributed by atoms with Crippen molar-refractivity contribution in [2.75, 3.05) is 5.32 Å². The third kappa shape index (κ3) is 3.21. The van der Waals surface area contributed by atoms with Gasteiger partial charge in [-0.15, -0.1) is 0 Å². The molecule has 1 N–H and O–H groups in total. The van der Waals surface area contributed by atoms with Gasteiger partial charge in [0.1, 0.15) is 5.65 Å². The zero-order valence-corrected chi connectivity index (χ0v) is 13.4. The van der Waals surface area contributed by atoms with Gasteiger partial charge < -0.3 is 0 Å². The fourth-order valence-corrected chi connectivity index (χ4v) is 2.52. The summed E-state index contributed by atoms with van der Waals surface area (Å²) in [6, 6.07) is 7.66. The van der Waals surface area contributed by atoms with E-state index < -0.39 is 0 Å². The van der Waals surface area contributed by atoms with Gasteiger partial charge in [0.15, 0.2) is 0 Å². The summed E-state index contributed by atoms with van der Waals surface area (Å²) in [5, 5.41) is 2.75. The third-order valence-electron chi connectivity index (χ3n) is 3.45. The van der Waals surface area contributed by atoms with Gasteiger partial charge in [0.05, 0.1) is 17.1 Å². The minimum atomic E-state index is -0.0768. The summed E-state index contributed by atoms with van der Waals surface area (Å²) in [4.78, 5) is 25.0. The molecule has 0 aliphatic heterocycles. The lowest BCUT2D eigenvalue weighted by molar-refractivity contribution is -0.116. The van der Waals surface area contributed by atoms with E-state index in [2.05, 4.69) is 20.3 Å². The highest BCUT2D eigenvalue weighted by Gasteiger charge is 2.13. The summed E-state index contributed by atoms with van der Waals surface area (Å²) in [6.45, 7) is 5.94. The number of fused-ring (bicyclic) bond motifs is 1. The van der Waals surface area contributed by atoms with E-state index in [1.165, 1.54) is 0 Å². The zero-order valence-electron chi connectivity index (χ0n) is 13.4. The number of aromatic nitrogens is 4. The van der Waals surface area contributed by atoms with Crippen molar-refractivity contribution in [1.29, 1.82) is 0 Å². The minimum absolute atomic E-state index is 0.0768. The maximum absolute atomic E-state index is 11.9. The molecule has 3 heterocycles. The van der Waals surface area contributed by atoms with Crippen LogP contribution in [0.2, 0.25) is 0 Å². The molecule has 0 aliphatic carbocycles. The molecular weight excluding hydrogens is 290 g/mol. The molecule has 0 fully saturated rings. The lowest BCUT2D eigenvalue weighted by Crippen LogP contribution is -2.16. The van der Waals surface area contributed by atoms with E-state index in [1.54, 1.807) is 6.20 Å². The SMILES string of the molecule is Cc1nc2ccccn2c1-c1ccnc(NC(=O)CC(C)C)n1. The molecule has 1 amide bonds. The van der Waals surface area contributed by atoms with Crippen LogP contribution in [-0.2, 0) is 4.79 Å². The lowest BCUT2D eigenvalue weighted by atomic mass is 10.1. The van der Waals surface area contributed by atoms with Gasteiger partial charge in [0, 0.05) is 18.8 Å². The van der Waals surface area contributed by atoms with Crippen LogP contribution in [0.15, 0.2) is 36.7 Å². The number of imidazole rings is 1. The number of rotatable bonds is 4. The summed E-state index contributed by atoms with van der Waals surface area (Å²) < 4.78 is 1.98. The minimum Gasteiger partial charge on any atom is -0.298 e. The molecule has 6 nitrogen and oxygen atoms in total. The number of hydrogen-bond acceptors (Lipinski definition) is 4. The summed E-state index contributed by atoms with van der Waals surface area (Å²) in [5.41, 5.74) is 3.39. The number of carbonyl (C=O) groups excluding carboxylic acids is 1. The number of pyridine rings is 1. The van der Waals surface area contributed by atoms with Crippen molar-refractivity contribution in [2.24, 2.45) is 5.92 Å². The summed E-state index contributed by atoms with van der Waals surface area (Å²) in [6.07, 6.45) is 4.04. The Morgan fingerprint density at radius 2 is 2.09 bits per heavy atom. The Bertz CT molecular complexity index is 853. The molecule has 0 saturated heterocycles. The van der Waals surface area contributed by atoms with Crippen molar-refractivity contribution in [3.05, 3.63) is 42.4 Å². The number of aryl methyl sites for hydroxylation is 1. The predicted molar refractivity (Wildman–Crippen MR) is 89.0 cm³/mol. The molecule has 0 atom stereocenters. The van der Waals surface area contributed by atoms with Gasteiger partial charge in [0.2, 0.25) is 11.9 Å². The van der Waals surface area contributed by atoms with Crippen LogP contribution in [0.25, 0.3) is 17.0 Å². The number of nitrogens with zero attached hydrogens (tertiary/aromatic N) is 4. The van der Waals surface area contributed by atoms with E-state index in [0.717, 1.165) is 22.7 Å². The Kier molecular flexibility index (Phi) is 4.06. The number of carbonyl (C=O) groups is 1. The molecule has 23 heavy (non-hydrogen) atoms. The van der Waals surface area contributed by atoms with Gasteiger partial charge in [0.25, 0.3) is 0 Å². The molecule has 0 aromatic carbocycles. The Morgan fingerprint density at radius 3 is 2.87 bits per heavy atom. The second kappa shape index (κ2) is 6.16. The van der Waals surface area contributed by atoms with Crippen LogP contribution in [0.1, 0.15) is 26.0 Å². The molecule has 0 bridgehead atoms. The predicted octanol–water partition coefficient (Wildman–Crippen LogP) is 3.08. The molecule has 6 heteroatoms. The first-order chi connectivity index (χ1) is 11.0. The van der Waals surface area contributed by atoms with E-state index in [9.17, 15) is 4.79 Å². The fourth-order valence-electron chi connectivity index (χ4n) is 2.52. The average molecular weight is 309 g/mol. The first kappa shape index (κ1) is 15.1. The molecule has 118 valence electrons. The normalized spacial score (nSPS) is 11.1. The summed E-state index contributed by atoms with van der Waals surface area (Å²) in [5.74, 6) is 0.532. The Labute approximate surface area is 134 Å². The van der Waals surface area contributed by atoms with Crippen molar-refractivity contribution in [3.63, 3.8) is 0 Å². The maximum atomic E-state index is 11.9. The van der Waals surface area contributed by atoms with E-state index in [0.29, 0.717) is 18.3 Å². The number of nitrogens with one attached hydrogen (secondary N) is 1. The van der Waals surface area contributed by atoms with E-state index in [-0.39, 0.29) is 5.91 Å². The molecule has 0 unspecified atom stereocenters. The summed E-state index contributed by atoms with van der Waals surface area (Å²) >= 11 is 0. The zero-order chi connectivity index (χ0) is 16.4. The molecular formula is C17H19N5O. The molecule has 0 spiro atoms. The van der Waals surface area contributed by atoms with Gasteiger partial charge >= 0.3 is 0 Å². The Balaban J connectivity index is 1.96. The first-order valence-electron chi connectivity index (χ1n) is 7.61. The smallest absolute Gasteiger partial charge is 0.229 e. The standard InChI is InChI=1S/C17H19N5O/c1-11(2)10-15(23)21-17-18-8-7-13(20-17)16-12(3)19-14-6-4-5-9-22(14)16/h4-9,11H,10H2,1-3H3,(H,18,20,21,23). The van der Waals surface area contributed by atoms with Gasteiger partial charge in [-0.2, -0.15) is 0 Å². The van der Waals surface area contributed by atoms with E-state index in [1.807, 2.05) is 55.6 Å². The molecule has 0 saturated carbocycles. The molecule has 3 rings (SSSR count). The van der Waals surface area contributed by atoms with Crippen molar-refractivity contribution in [3.8, 4) is 11.4 Å². The Morgan fingerprint density at radius 1 is 1.26 bits per heavy atom. The summed E-state index contributed by atoms with van der Waals surface area (Å²) in [7, 11) is 0. The van der Waals surface area contributed by atoms with Crippen LogP contribution in [0, 0.1) is 12.8 Å². The topological polar surface area (TPSA) is 72.2 Å². The molecule has 0 radical (unpaired) electrons. The van der Waals surface area contributed by atoms with Crippen molar-refractivity contribution >= 4 is 17.5 Å². The molecule has 3 aromatic heterocycles. The monoisotopic (exact) mass is 309 g/mol. The second-order valence-corrected chi connectivity index (χ2v) is 5.89. The number of amides is 1. The number of hydrogen-bond donors (Lipinski definition) is 1. The highest BCUT2D eigenvalue weighted by molar-refractivity contribution is 5.89. The van der Waals surface area contributed by atoms with Crippen LogP contribution in [0.4, 0.5) is 5.95 Å².